The molecule has 0 spiro atoms. The summed E-state index contributed by atoms with van der Waals surface area (Å²) in [6, 6.07) is 9.31. The summed E-state index contributed by atoms with van der Waals surface area (Å²) in [6.45, 7) is 6.60. The third-order valence-corrected chi connectivity index (χ3v) is 3.49. The highest BCUT2D eigenvalue weighted by atomic mass is 16.6. The standard InChI is InChI=1S/C17H23N3O3/c1-17(2,3)23-16(21)20-10-13(11-20)19-15(9-18)12-6-5-7-14(8-12)22-4/h5-8,13,15,19H,10-11H2,1-4H3. The van der Waals surface area contributed by atoms with Gasteiger partial charge in [-0.2, -0.15) is 5.26 Å². The molecular weight excluding hydrogens is 294 g/mol. The maximum atomic E-state index is 11.9. The zero-order valence-corrected chi connectivity index (χ0v) is 14.0. The summed E-state index contributed by atoms with van der Waals surface area (Å²) < 4.78 is 10.5. The van der Waals surface area contributed by atoms with Crippen molar-refractivity contribution in [2.45, 2.75) is 38.5 Å². The lowest BCUT2D eigenvalue weighted by molar-refractivity contribution is 0.00475. The molecule has 0 aliphatic carbocycles. The van der Waals surface area contributed by atoms with Crippen LogP contribution in [-0.4, -0.2) is 42.8 Å². The predicted octanol–water partition coefficient (Wildman–Crippen LogP) is 2.47. The topological polar surface area (TPSA) is 74.6 Å². The molecule has 23 heavy (non-hydrogen) atoms. The van der Waals surface area contributed by atoms with Crippen LogP contribution in [0, 0.1) is 11.3 Å². The summed E-state index contributed by atoms with van der Waals surface area (Å²) in [5.41, 5.74) is 0.355. The zero-order chi connectivity index (χ0) is 17.0. The number of rotatable bonds is 4. The van der Waals surface area contributed by atoms with Crippen LogP contribution in [-0.2, 0) is 4.74 Å². The van der Waals surface area contributed by atoms with Crippen LogP contribution in [0.15, 0.2) is 24.3 Å². The van der Waals surface area contributed by atoms with Gasteiger partial charge in [0, 0.05) is 19.1 Å². The molecule has 0 radical (unpaired) electrons. The van der Waals surface area contributed by atoms with Gasteiger partial charge in [0.05, 0.1) is 13.2 Å². The van der Waals surface area contributed by atoms with E-state index in [0.29, 0.717) is 18.8 Å². The number of ether oxygens (including phenoxy) is 2. The number of carbonyl (C=O) groups excluding carboxylic acids is 1. The van der Waals surface area contributed by atoms with Crippen LogP contribution in [0.4, 0.5) is 4.79 Å². The molecule has 1 atom stereocenters. The van der Waals surface area contributed by atoms with Crippen LogP contribution in [0.5, 0.6) is 5.75 Å². The van der Waals surface area contributed by atoms with Gasteiger partial charge in [-0.3, -0.25) is 5.32 Å². The Bertz CT molecular complexity index is 598. The fourth-order valence-electron chi connectivity index (χ4n) is 2.32. The molecule has 0 bridgehead atoms. The van der Waals surface area contributed by atoms with E-state index in [1.807, 2.05) is 45.0 Å². The molecule has 1 fully saturated rings. The van der Waals surface area contributed by atoms with E-state index in [2.05, 4.69) is 11.4 Å². The van der Waals surface area contributed by atoms with Gasteiger partial charge in [0.1, 0.15) is 17.4 Å². The average Bonchev–Trinajstić information content (AvgIpc) is 2.44. The Kier molecular flexibility index (Phi) is 5.12. The van der Waals surface area contributed by atoms with Crippen LogP contribution in [0.3, 0.4) is 0 Å². The first-order chi connectivity index (χ1) is 10.8. The Labute approximate surface area is 137 Å². The molecule has 1 aromatic rings. The molecule has 1 N–H and O–H groups in total. The molecule has 2 rings (SSSR count). The highest BCUT2D eigenvalue weighted by Gasteiger charge is 2.34. The minimum Gasteiger partial charge on any atom is -0.497 e. The Balaban J connectivity index is 1.88. The van der Waals surface area contributed by atoms with Gasteiger partial charge in [-0.15, -0.1) is 0 Å². The minimum absolute atomic E-state index is 0.0818. The van der Waals surface area contributed by atoms with E-state index >= 15 is 0 Å². The quantitative estimate of drug-likeness (QED) is 0.923. The minimum atomic E-state index is -0.495. The van der Waals surface area contributed by atoms with Crippen molar-refractivity contribution in [3.05, 3.63) is 29.8 Å². The van der Waals surface area contributed by atoms with Crippen LogP contribution in [0.2, 0.25) is 0 Å². The van der Waals surface area contributed by atoms with Gasteiger partial charge in [-0.05, 0) is 38.5 Å². The summed E-state index contributed by atoms with van der Waals surface area (Å²) in [5, 5.41) is 12.6. The predicted molar refractivity (Wildman–Crippen MR) is 86.1 cm³/mol. The SMILES string of the molecule is COc1cccc(C(C#N)NC2CN(C(=O)OC(C)(C)C)C2)c1. The maximum Gasteiger partial charge on any atom is 0.410 e. The number of hydrogen-bond acceptors (Lipinski definition) is 5. The molecule has 1 heterocycles. The van der Waals surface area contributed by atoms with E-state index in [4.69, 9.17) is 9.47 Å². The third kappa shape index (κ3) is 4.60. The maximum absolute atomic E-state index is 11.9. The number of likely N-dealkylation sites (tertiary alicyclic amines) is 1. The Morgan fingerprint density at radius 3 is 2.70 bits per heavy atom. The van der Waals surface area contributed by atoms with Gasteiger partial charge >= 0.3 is 6.09 Å². The van der Waals surface area contributed by atoms with E-state index in [-0.39, 0.29) is 12.1 Å². The third-order valence-electron chi connectivity index (χ3n) is 3.49. The zero-order valence-electron chi connectivity index (χ0n) is 14.0. The van der Waals surface area contributed by atoms with Gasteiger partial charge in [0.15, 0.2) is 0 Å². The number of hydrogen-bond donors (Lipinski definition) is 1. The van der Waals surface area contributed by atoms with Crippen molar-refractivity contribution in [1.82, 2.24) is 10.2 Å². The molecule has 1 aromatic carbocycles. The Morgan fingerprint density at radius 1 is 1.43 bits per heavy atom. The number of carbonyl (C=O) groups is 1. The van der Waals surface area contributed by atoms with Gasteiger partial charge in [-0.25, -0.2) is 4.79 Å². The number of methoxy groups -OCH3 is 1. The van der Waals surface area contributed by atoms with E-state index in [0.717, 1.165) is 5.56 Å². The summed E-state index contributed by atoms with van der Waals surface area (Å²) in [4.78, 5) is 13.5. The first-order valence-electron chi connectivity index (χ1n) is 7.60. The molecular formula is C17H23N3O3. The van der Waals surface area contributed by atoms with E-state index < -0.39 is 11.6 Å². The first kappa shape index (κ1) is 17.1. The molecule has 6 heteroatoms. The average molecular weight is 317 g/mol. The lowest BCUT2D eigenvalue weighted by Gasteiger charge is -2.41. The second kappa shape index (κ2) is 6.88. The van der Waals surface area contributed by atoms with Gasteiger partial charge in [0.25, 0.3) is 0 Å². The molecule has 1 amide bonds. The fraction of sp³-hybridized carbons (Fsp3) is 0.529. The van der Waals surface area contributed by atoms with Crippen molar-refractivity contribution in [3.8, 4) is 11.8 Å². The van der Waals surface area contributed by atoms with Crippen LogP contribution < -0.4 is 10.1 Å². The summed E-state index contributed by atoms with van der Waals surface area (Å²) >= 11 is 0. The molecule has 1 unspecified atom stereocenters. The highest BCUT2D eigenvalue weighted by Crippen LogP contribution is 2.21. The molecule has 0 aromatic heterocycles. The molecule has 6 nitrogen and oxygen atoms in total. The number of nitrogens with one attached hydrogen (secondary N) is 1. The smallest absolute Gasteiger partial charge is 0.410 e. The normalized spacial score (nSPS) is 16.2. The van der Waals surface area contributed by atoms with E-state index in [9.17, 15) is 10.1 Å². The lowest BCUT2D eigenvalue weighted by Crippen LogP contribution is -2.60. The Hall–Kier alpha value is -2.26. The van der Waals surface area contributed by atoms with E-state index in [1.54, 1.807) is 12.0 Å². The number of nitriles is 1. The van der Waals surface area contributed by atoms with Gasteiger partial charge in [-0.1, -0.05) is 12.1 Å². The van der Waals surface area contributed by atoms with Crippen LogP contribution >= 0.6 is 0 Å². The second-order valence-electron chi connectivity index (χ2n) is 6.59. The van der Waals surface area contributed by atoms with Crippen molar-refractivity contribution in [3.63, 3.8) is 0 Å². The summed E-state index contributed by atoms with van der Waals surface area (Å²) in [5.74, 6) is 0.716. The summed E-state index contributed by atoms with van der Waals surface area (Å²) in [6.07, 6.45) is -0.314. The van der Waals surface area contributed by atoms with Gasteiger partial charge < -0.3 is 14.4 Å². The molecule has 1 aliphatic rings. The number of benzene rings is 1. The van der Waals surface area contributed by atoms with Crippen molar-refractivity contribution >= 4 is 6.09 Å². The van der Waals surface area contributed by atoms with Crippen LogP contribution in [0.1, 0.15) is 32.4 Å². The fourth-order valence-corrected chi connectivity index (χ4v) is 2.32. The van der Waals surface area contributed by atoms with Crippen molar-refractivity contribution in [2.75, 3.05) is 20.2 Å². The number of nitrogens with zero attached hydrogens (tertiary/aromatic N) is 2. The lowest BCUT2D eigenvalue weighted by atomic mass is 10.0. The highest BCUT2D eigenvalue weighted by molar-refractivity contribution is 5.69. The van der Waals surface area contributed by atoms with Crippen LogP contribution in [0.25, 0.3) is 0 Å². The van der Waals surface area contributed by atoms with E-state index in [1.165, 1.54) is 0 Å². The van der Waals surface area contributed by atoms with Gasteiger partial charge in [0.2, 0.25) is 0 Å². The van der Waals surface area contributed by atoms with Crippen molar-refractivity contribution in [1.29, 1.82) is 5.26 Å². The Morgan fingerprint density at radius 2 is 2.13 bits per heavy atom. The molecule has 1 aliphatic heterocycles. The van der Waals surface area contributed by atoms with Crippen molar-refractivity contribution < 1.29 is 14.3 Å². The molecule has 124 valence electrons. The van der Waals surface area contributed by atoms with Crippen molar-refractivity contribution in [2.24, 2.45) is 0 Å². The second-order valence-corrected chi connectivity index (χ2v) is 6.59. The monoisotopic (exact) mass is 317 g/mol. The first-order valence-corrected chi connectivity index (χ1v) is 7.60. The molecule has 1 saturated heterocycles. The summed E-state index contributed by atoms with van der Waals surface area (Å²) in [7, 11) is 1.60. The largest absolute Gasteiger partial charge is 0.497 e. The molecule has 0 saturated carbocycles. The number of amides is 1.